The molecule has 0 spiro atoms. The summed E-state index contributed by atoms with van der Waals surface area (Å²) in [6.45, 7) is 25.0. The zero-order chi connectivity index (χ0) is 36.3. The number of carbonyl (C=O) groups is 1. The number of carbonyl (C=O) groups excluding carboxylic acids is 1. The van der Waals surface area contributed by atoms with Crippen LogP contribution in [0.3, 0.4) is 0 Å². The average Bonchev–Trinajstić information content (AvgIpc) is 3.59. The number of pyridine rings is 1. The third kappa shape index (κ3) is 9.06. The molecule has 0 fully saturated rings. The molecule has 0 saturated carbocycles. The average molecular weight is 855 g/mol. The van der Waals surface area contributed by atoms with Crippen LogP contribution in [0.1, 0.15) is 110 Å². The maximum absolute atomic E-state index is 12.2. The Hall–Kier alpha value is -3.47. The first-order valence-electron chi connectivity index (χ1n) is 17.8. The summed E-state index contributed by atoms with van der Waals surface area (Å²) >= 11 is 0. The Balaban J connectivity index is 0.000000323. The summed E-state index contributed by atoms with van der Waals surface area (Å²) in [6, 6.07) is 18.2. The largest absolute Gasteiger partial charge is 0.512 e. The maximum Gasteiger partial charge on any atom is 0.176 e. The number of hydrogen-bond donors (Lipinski definition) is 1. The van der Waals surface area contributed by atoms with Crippen LogP contribution in [0, 0.1) is 43.1 Å². The van der Waals surface area contributed by atoms with E-state index < -0.39 is 0 Å². The van der Waals surface area contributed by atoms with Gasteiger partial charge in [0.05, 0.1) is 0 Å². The molecule has 271 valence electrons. The Morgan fingerprint density at radius 3 is 2.06 bits per heavy atom. The van der Waals surface area contributed by atoms with Gasteiger partial charge in [0.15, 0.2) is 16.9 Å². The predicted molar refractivity (Wildman–Crippen MR) is 204 cm³/mol. The molecule has 0 saturated heterocycles. The quantitative estimate of drug-likeness (QED) is 0.0860. The molecular weight excluding hydrogens is 799 g/mol. The summed E-state index contributed by atoms with van der Waals surface area (Å²) in [6.07, 6.45) is 7.50. The molecule has 0 aliphatic carbocycles. The number of rotatable bonds is 10. The molecule has 50 heavy (non-hydrogen) atoms. The molecule has 3 heterocycles. The fourth-order valence-corrected chi connectivity index (χ4v) is 6.17. The van der Waals surface area contributed by atoms with Crippen LogP contribution < -0.4 is 0 Å². The molecule has 0 unspecified atom stereocenters. The number of ketones is 1. The number of nitrogens with zero attached hydrogens (tertiary/aromatic N) is 1. The number of allylic oxidation sites excluding steroid dienone is 2. The molecular formula is C44H56IrNO4-. The zero-order valence-electron chi connectivity index (χ0n) is 32.2. The van der Waals surface area contributed by atoms with Gasteiger partial charge in [-0.25, -0.2) is 0 Å². The third-order valence-corrected chi connectivity index (χ3v) is 10.4. The predicted octanol–water partition coefficient (Wildman–Crippen LogP) is 12.9. The van der Waals surface area contributed by atoms with Gasteiger partial charge in [0.25, 0.3) is 0 Å². The number of aliphatic hydroxyl groups excluding tert-OH is 1. The Morgan fingerprint density at radius 2 is 1.50 bits per heavy atom. The van der Waals surface area contributed by atoms with E-state index in [1.165, 1.54) is 11.6 Å². The summed E-state index contributed by atoms with van der Waals surface area (Å²) in [5.74, 6) is 2.12. The van der Waals surface area contributed by atoms with Crippen LogP contribution in [0.4, 0.5) is 0 Å². The molecule has 2 aromatic carbocycles. The van der Waals surface area contributed by atoms with Crippen molar-refractivity contribution in [2.75, 3.05) is 0 Å². The minimum absolute atomic E-state index is 0. The molecule has 3 aromatic heterocycles. The third-order valence-electron chi connectivity index (χ3n) is 10.4. The van der Waals surface area contributed by atoms with Gasteiger partial charge in [0.1, 0.15) is 17.3 Å². The number of aliphatic hydroxyl groups is 1. The normalized spacial score (nSPS) is 12.5. The molecule has 0 amide bonds. The fourth-order valence-electron chi connectivity index (χ4n) is 6.17. The van der Waals surface area contributed by atoms with Gasteiger partial charge in [0.2, 0.25) is 0 Å². The van der Waals surface area contributed by atoms with Crippen molar-refractivity contribution in [3.63, 3.8) is 0 Å². The summed E-state index contributed by atoms with van der Waals surface area (Å²) in [5, 5.41) is 12.4. The van der Waals surface area contributed by atoms with E-state index in [1.807, 2.05) is 53.8 Å². The van der Waals surface area contributed by atoms with Crippen molar-refractivity contribution in [2.45, 2.75) is 115 Å². The monoisotopic (exact) mass is 855 g/mol. The van der Waals surface area contributed by atoms with Gasteiger partial charge in [-0.05, 0) is 66.6 Å². The molecule has 0 aliphatic heterocycles. The van der Waals surface area contributed by atoms with E-state index in [-0.39, 0.29) is 47.9 Å². The molecule has 5 rings (SSSR count). The second-order valence-corrected chi connectivity index (χ2v) is 15.5. The van der Waals surface area contributed by atoms with Gasteiger partial charge in [-0.3, -0.25) is 4.79 Å². The van der Waals surface area contributed by atoms with Gasteiger partial charge in [-0.2, -0.15) is 0 Å². The fraction of sp³-hybridized carbons (Fsp3) is 0.455. The van der Waals surface area contributed by atoms with E-state index in [0.717, 1.165) is 93.5 Å². The number of fused-ring (bicyclic) bond motifs is 2. The van der Waals surface area contributed by atoms with Crippen LogP contribution in [0.15, 0.2) is 69.3 Å². The van der Waals surface area contributed by atoms with E-state index in [2.05, 4.69) is 89.0 Å². The Labute approximate surface area is 313 Å². The summed E-state index contributed by atoms with van der Waals surface area (Å²) in [4.78, 5) is 16.9. The molecule has 0 atom stereocenters. The molecule has 1 N–H and O–H groups in total. The van der Waals surface area contributed by atoms with Gasteiger partial charge >= 0.3 is 0 Å². The minimum atomic E-state index is -0.337. The molecule has 5 aromatic rings. The summed E-state index contributed by atoms with van der Waals surface area (Å²) in [7, 11) is 0. The second kappa shape index (κ2) is 16.3. The van der Waals surface area contributed by atoms with Crippen LogP contribution in [0.2, 0.25) is 0 Å². The van der Waals surface area contributed by atoms with Crippen LogP contribution in [0.5, 0.6) is 0 Å². The molecule has 0 bridgehead atoms. The first-order chi connectivity index (χ1) is 23.0. The smallest absolute Gasteiger partial charge is 0.176 e. The van der Waals surface area contributed by atoms with Gasteiger partial charge in [-0.15, -0.1) is 34.9 Å². The van der Waals surface area contributed by atoms with Crippen LogP contribution in [-0.4, -0.2) is 15.9 Å². The van der Waals surface area contributed by atoms with Crippen molar-refractivity contribution in [2.24, 2.45) is 16.2 Å². The number of hydrogen-bond acceptors (Lipinski definition) is 5. The molecule has 5 nitrogen and oxygen atoms in total. The number of aromatic nitrogens is 1. The van der Waals surface area contributed by atoms with E-state index in [1.54, 1.807) is 0 Å². The Kier molecular flexibility index (Phi) is 13.3. The van der Waals surface area contributed by atoms with Crippen molar-refractivity contribution in [3.8, 4) is 22.6 Å². The van der Waals surface area contributed by atoms with E-state index in [9.17, 15) is 9.90 Å². The molecule has 0 aliphatic rings. The van der Waals surface area contributed by atoms with Gasteiger partial charge < -0.3 is 18.9 Å². The number of furan rings is 2. The summed E-state index contributed by atoms with van der Waals surface area (Å²) < 4.78 is 12.4. The first kappa shape index (κ1) is 41.0. The van der Waals surface area contributed by atoms with Crippen molar-refractivity contribution >= 4 is 27.7 Å². The van der Waals surface area contributed by atoms with E-state index >= 15 is 0 Å². The van der Waals surface area contributed by atoms with E-state index in [0.29, 0.717) is 0 Å². The summed E-state index contributed by atoms with van der Waals surface area (Å²) in [5.41, 5.74) is 7.63. The topological polar surface area (TPSA) is 76.5 Å². The molecule has 6 heteroatoms. The zero-order valence-corrected chi connectivity index (χ0v) is 34.6. The van der Waals surface area contributed by atoms with Crippen LogP contribution >= 0.6 is 0 Å². The van der Waals surface area contributed by atoms with Crippen LogP contribution in [-0.2, 0) is 31.3 Å². The van der Waals surface area contributed by atoms with Crippen LogP contribution in [0.25, 0.3) is 44.5 Å². The minimum Gasteiger partial charge on any atom is -0.512 e. The first-order valence-corrected chi connectivity index (χ1v) is 17.8. The SMILES string of the molecule is CCC(C)(CC)C(=O)/C=C(\O)C(C)(CC)CC.Cc1[c-]c(-c2nccc3cc(-c4oc5cc(CC(C)(C)C)oc5c4C)ccc23)cc(C)c1.[Ir]. The molecule has 1 radical (unpaired) electrons. The van der Waals surface area contributed by atoms with Crippen molar-refractivity contribution in [3.05, 3.63) is 89.0 Å². The number of benzene rings is 2. The van der Waals surface area contributed by atoms with E-state index in [4.69, 9.17) is 8.83 Å². The standard InChI is InChI=1S/C29H28NO2.C15H28O2.Ir/c1-17-11-18(2)13-22(12-17)26-24-8-7-21(14-20(24)9-10-30-26)27-19(3)28-25(32-27)15-23(31-28)16-29(4,5)6;1-7-14(5,8-2)12(16)11-13(17)15(6,9-3)10-4;/h7-12,14-15H,16H2,1-6H3;11,16H,7-10H2,1-6H3;/q-1;;/b;12-11-;. The van der Waals surface area contributed by atoms with Crippen molar-refractivity contribution in [1.82, 2.24) is 4.98 Å². The number of aryl methyl sites for hydroxylation is 3. The second-order valence-electron chi connectivity index (χ2n) is 15.5. The van der Waals surface area contributed by atoms with Gasteiger partial charge in [0, 0.05) is 66.8 Å². The van der Waals surface area contributed by atoms with Crippen molar-refractivity contribution in [1.29, 1.82) is 0 Å². The Morgan fingerprint density at radius 1 is 0.860 bits per heavy atom. The maximum atomic E-state index is 12.2. The van der Waals surface area contributed by atoms with Gasteiger partial charge in [-0.1, -0.05) is 88.3 Å². The Bertz CT molecular complexity index is 1940. The van der Waals surface area contributed by atoms with Crippen molar-refractivity contribution < 1.29 is 38.8 Å².